The highest BCUT2D eigenvalue weighted by Gasteiger charge is 2.14. The molecule has 0 aliphatic carbocycles. The van der Waals surface area contributed by atoms with Crippen LogP contribution in [-0.2, 0) is 0 Å². The molecule has 2 aromatic rings. The molecule has 126 valence electrons. The van der Waals surface area contributed by atoms with E-state index in [1.807, 2.05) is 0 Å². The molecule has 2 heteroatoms. The summed E-state index contributed by atoms with van der Waals surface area (Å²) in [6.07, 6.45) is 5.06. The first-order valence-electron chi connectivity index (χ1n) is 8.88. The zero-order chi connectivity index (χ0) is 16.9. The summed E-state index contributed by atoms with van der Waals surface area (Å²) in [5, 5.41) is 0. The first kappa shape index (κ1) is 17.4. The number of hydrogen-bond acceptors (Lipinski definition) is 1. The fourth-order valence-corrected chi connectivity index (χ4v) is 3.75. The summed E-state index contributed by atoms with van der Waals surface area (Å²) in [7, 11) is 0. The Balaban J connectivity index is 1.66. The van der Waals surface area contributed by atoms with Crippen molar-refractivity contribution in [3.05, 3.63) is 64.6 Å². The van der Waals surface area contributed by atoms with Gasteiger partial charge in [0.05, 0.1) is 0 Å². The highest BCUT2D eigenvalue weighted by atomic mass is 79.9. The van der Waals surface area contributed by atoms with Crippen molar-refractivity contribution in [2.24, 2.45) is 5.92 Å². The molecule has 0 aromatic heterocycles. The maximum absolute atomic E-state index is 3.64. The lowest BCUT2D eigenvalue weighted by Crippen LogP contribution is -2.32. The lowest BCUT2D eigenvalue weighted by Gasteiger charge is -2.29. The van der Waals surface area contributed by atoms with Crippen LogP contribution in [0.15, 0.2) is 59.1 Å². The van der Waals surface area contributed by atoms with Crippen LogP contribution in [0.2, 0.25) is 0 Å². The van der Waals surface area contributed by atoms with Gasteiger partial charge in [0.25, 0.3) is 0 Å². The Labute approximate surface area is 154 Å². The standard InChI is InChI=1S/C22H26BrN/c1-17-11-14-24(15-12-17)16-13-18(2)19-7-9-20(10-8-19)21-5-3-4-6-22(21)23/h3-10,13,17H,11-12,14-16H2,1-2H3. The van der Waals surface area contributed by atoms with Crippen LogP contribution in [0.3, 0.4) is 0 Å². The average molecular weight is 384 g/mol. The van der Waals surface area contributed by atoms with Crippen LogP contribution < -0.4 is 0 Å². The summed E-state index contributed by atoms with van der Waals surface area (Å²) < 4.78 is 1.14. The van der Waals surface area contributed by atoms with Crippen LogP contribution in [0.4, 0.5) is 0 Å². The third kappa shape index (κ3) is 4.37. The second-order valence-corrected chi connectivity index (χ2v) is 7.78. The fraction of sp³-hybridized carbons (Fsp3) is 0.364. The largest absolute Gasteiger partial charge is 0.300 e. The zero-order valence-corrected chi connectivity index (χ0v) is 16.2. The van der Waals surface area contributed by atoms with E-state index in [4.69, 9.17) is 0 Å². The van der Waals surface area contributed by atoms with E-state index in [9.17, 15) is 0 Å². The van der Waals surface area contributed by atoms with E-state index < -0.39 is 0 Å². The van der Waals surface area contributed by atoms with Gasteiger partial charge in [0.2, 0.25) is 0 Å². The summed E-state index contributed by atoms with van der Waals surface area (Å²) >= 11 is 3.64. The van der Waals surface area contributed by atoms with E-state index >= 15 is 0 Å². The lowest BCUT2D eigenvalue weighted by molar-refractivity contribution is 0.210. The van der Waals surface area contributed by atoms with Crippen molar-refractivity contribution in [3.63, 3.8) is 0 Å². The smallest absolute Gasteiger partial charge is 0.0253 e. The fourth-order valence-electron chi connectivity index (χ4n) is 3.24. The molecule has 0 amide bonds. The predicted octanol–water partition coefficient (Wildman–Crippen LogP) is 6.25. The first-order valence-corrected chi connectivity index (χ1v) is 9.67. The Morgan fingerprint density at radius 1 is 1.08 bits per heavy atom. The van der Waals surface area contributed by atoms with Gasteiger partial charge in [0.15, 0.2) is 0 Å². The zero-order valence-electron chi connectivity index (χ0n) is 14.6. The second kappa shape index (κ2) is 8.13. The first-order chi connectivity index (χ1) is 11.6. The number of benzene rings is 2. The number of piperidine rings is 1. The quantitative estimate of drug-likeness (QED) is 0.602. The molecule has 0 radical (unpaired) electrons. The van der Waals surface area contributed by atoms with E-state index in [0.717, 1.165) is 16.9 Å². The number of allylic oxidation sites excluding steroid dienone is 1. The van der Waals surface area contributed by atoms with Crippen molar-refractivity contribution in [2.75, 3.05) is 19.6 Å². The van der Waals surface area contributed by atoms with Gasteiger partial charge in [-0.2, -0.15) is 0 Å². The van der Waals surface area contributed by atoms with E-state index in [0.29, 0.717) is 0 Å². The van der Waals surface area contributed by atoms with Crippen LogP contribution >= 0.6 is 15.9 Å². The maximum Gasteiger partial charge on any atom is 0.0253 e. The highest BCUT2D eigenvalue weighted by molar-refractivity contribution is 9.10. The van der Waals surface area contributed by atoms with Crippen molar-refractivity contribution in [1.29, 1.82) is 0 Å². The molecule has 24 heavy (non-hydrogen) atoms. The Morgan fingerprint density at radius 3 is 2.42 bits per heavy atom. The van der Waals surface area contributed by atoms with Crippen LogP contribution in [0.5, 0.6) is 0 Å². The molecule has 1 saturated heterocycles. The number of hydrogen-bond donors (Lipinski definition) is 0. The van der Waals surface area contributed by atoms with Crippen molar-refractivity contribution in [1.82, 2.24) is 4.90 Å². The van der Waals surface area contributed by atoms with Gasteiger partial charge in [-0.15, -0.1) is 0 Å². The topological polar surface area (TPSA) is 3.24 Å². The van der Waals surface area contributed by atoms with Gasteiger partial charge in [0, 0.05) is 11.0 Å². The van der Waals surface area contributed by atoms with Gasteiger partial charge in [-0.25, -0.2) is 0 Å². The monoisotopic (exact) mass is 383 g/mol. The Hall–Kier alpha value is -1.38. The van der Waals surface area contributed by atoms with E-state index in [1.54, 1.807) is 0 Å². The SMILES string of the molecule is CC(=CCN1CCC(C)CC1)c1ccc(-c2ccccc2Br)cc1. The van der Waals surface area contributed by atoms with Gasteiger partial charge in [-0.1, -0.05) is 71.4 Å². The number of rotatable bonds is 4. The molecular formula is C22H26BrN. The van der Waals surface area contributed by atoms with E-state index in [2.05, 4.69) is 89.3 Å². The minimum atomic E-state index is 0.899. The number of nitrogens with zero attached hydrogens (tertiary/aromatic N) is 1. The molecule has 1 fully saturated rings. The normalized spacial score (nSPS) is 17.2. The van der Waals surface area contributed by atoms with Crippen molar-refractivity contribution >= 4 is 21.5 Å². The maximum atomic E-state index is 3.64. The molecular weight excluding hydrogens is 358 g/mol. The summed E-state index contributed by atoms with van der Waals surface area (Å²) in [6, 6.07) is 17.3. The predicted molar refractivity (Wildman–Crippen MR) is 108 cm³/mol. The van der Waals surface area contributed by atoms with E-state index in [-0.39, 0.29) is 0 Å². The van der Waals surface area contributed by atoms with Gasteiger partial charge in [-0.05, 0) is 67.1 Å². The molecule has 1 heterocycles. The third-order valence-electron chi connectivity index (χ3n) is 5.06. The molecule has 1 aliphatic heterocycles. The molecule has 0 atom stereocenters. The lowest BCUT2D eigenvalue weighted by atomic mass is 9.98. The van der Waals surface area contributed by atoms with Gasteiger partial charge < -0.3 is 0 Å². The average Bonchev–Trinajstić information content (AvgIpc) is 2.61. The van der Waals surface area contributed by atoms with Gasteiger partial charge >= 0.3 is 0 Å². The Kier molecular flexibility index (Phi) is 5.91. The van der Waals surface area contributed by atoms with Crippen molar-refractivity contribution in [3.8, 4) is 11.1 Å². The molecule has 0 spiro atoms. The van der Waals surface area contributed by atoms with Gasteiger partial charge in [0.1, 0.15) is 0 Å². The second-order valence-electron chi connectivity index (χ2n) is 6.93. The molecule has 3 rings (SSSR count). The van der Waals surface area contributed by atoms with Crippen molar-refractivity contribution < 1.29 is 0 Å². The molecule has 2 aromatic carbocycles. The van der Waals surface area contributed by atoms with Crippen LogP contribution in [-0.4, -0.2) is 24.5 Å². The van der Waals surface area contributed by atoms with Gasteiger partial charge in [-0.3, -0.25) is 4.90 Å². The molecule has 0 bridgehead atoms. The number of likely N-dealkylation sites (tertiary alicyclic amines) is 1. The van der Waals surface area contributed by atoms with Crippen LogP contribution in [0, 0.1) is 5.92 Å². The number of halogens is 1. The molecule has 0 saturated carbocycles. The third-order valence-corrected chi connectivity index (χ3v) is 5.75. The molecule has 1 nitrogen and oxygen atoms in total. The summed E-state index contributed by atoms with van der Waals surface area (Å²) in [6.45, 7) is 8.15. The summed E-state index contributed by atoms with van der Waals surface area (Å²) in [5.74, 6) is 0.899. The van der Waals surface area contributed by atoms with E-state index in [1.165, 1.54) is 48.2 Å². The molecule has 0 N–H and O–H groups in total. The minimum absolute atomic E-state index is 0.899. The van der Waals surface area contributed by atoms with Crippen LogP contribution in [0.25, 0.3) is 16.7 Å². The Morgan fingerprint density at radius 2 is 1.75 bits per heavy atom. The Bertz CT molecular complexity index is 694. The molecule has 1 aliphatic rings. The van der Waals surface area contributed by atoms with Crippen LogP contribution in [0.1, 0.15) is 32.3 Å². The summed E-state index contributed by atoms with van der Waals surface area (Å²) in [5.41, 5.74) is 5.18. The van der Waals surface area contributed by atoms with Crippen molar-refractivity contribution in [2.45, 2.75) is 26.7 Å². The molecule has 0 unspecified atom stereocenters. The minimum Gasteiger partial charge on any atom is -0.300 e. The summed E-state index contributed by atoms with van der Waals surface area (Å²) in [4.78, 5) is 2.57. The highest BCUT2D eigenvalue weighted by Crippen LogP contribution is 2.29.